The molecule has 9 heteroatoms. The number of nitrogens with zero attached hydrogens (tertiary/aromatic N) is 4. The van der Waals surface area contributed by atoms with Crippen LogP contribution in [0.15, 0.2) is 77.9 Å². The standard InChI is InChI=1S/C21H15N5O4/c27-20(23-17-10-11-22-12-18(17)26(29)30)19-15-8-4-5-9-16(15)21(28)25(24-19)13-14-6-2-1-3-7-14/h1-12H,13H2,(H,22,23,27). The van der Waals surface area contributed by atoms with E-state index in [0.29, 0.717) is 10.8 Å². The number of benzene rings is 2. The van der Waals surface area contributed by atoms with Crippen LogP contribution in [0.3, 0.4) is 0 Å². The summed E-state index contributed by atoms with van der Waals surface area (Å²) >= 11 is 0. The number of carbonyl (C=O) groups is 1. The van der Waals surface area contributed by atoms with E-state index < -0.39 is 10.8 Å². The third kappa shape index (κ3) is 3.63. The Bertz CT molecular complexity index is 1320. The van der Waals surface area contributed by atoms with E-state index in [1.54, 1.807) is 24.3 Å². The Morgan fingerprint density at radius 1 is 1.03 bits per heavy atom. The number of nitro groups is 1. The zero-order valence-electron chi connectivity index (χ0n) is 15.6. The first-order valence-electron chi connectivity index (χ1n) is 8.98. The van der Waals surface area contributed by atoms with Crippen LogP contribution in [0.25, 0.3) is 10.8 Å². The van der Waals surface area contributed by atoms with Crippen LogP contribution in [0.5, 0.6) is 0 Å². The summed E-state index contributed by atoms with van der Waals surface area (Å²) in [5.41, 5.74) is 0.158. The quantitative estimate of drug-likeness (QED) is 0.405. The molecule has 0 saturated carbocycles. The Morgan fingerprint density at radius 2 is 1.73 bits per heavy atom. The molecule has 4 aromatic rings. The van der Waals surface area contributed by atoms with Crippen molar-refractivity contribution in [2.75, 3.05) is 5.32 Å². The Kier molecular flexibility index (Phi) is 5.00. The van der Waals surface area contributed by atoms with Gasteiger partial charge in [0.25, 0.3) is 11.5 Å². The summed E-state index contributed by atoms with van der Waals surface area (Å²) in [7, 11) is 0. The third-order valence-electron chi connectivity index (χ3n) is 4.50. The van der Waals surface area contributed by atoms with Gasteiger partial charge >= 0.3 is 5.69 Å². The van der Waals surface area contributed by atoms with Crippen molar-refractivity contribution >= 4 is 28.1 Å². The predicted molar refractivity (Wildman–Crippen MR) is 110 cm³/mol. The maximum absolute atomic E-state index is 13.0. The van der Waals surface area contributed by atoms with E-state index in [0.717, 1.165) is 11.8 Å². The van der Waals surface area contributed by atoms with Crippen molar-refractivity contribution in [3.05, 3.63) is 105 Å². The van der Waals surface area contributed by atoms with Crippen LogP contribution in [0.4, 0.5) is 11.4 Å². The molecule has 30 heavy (non-hydrogen) atoms. The fourth-order valence-electron chi connectivity index (χ4n) is 3.09. The first kappa shape index (κ1) is 18.9. The van der Waals surface area contributed by atoms with Crippen LogP contribution in [-0.4, -0.2) is 25.6 Å². The van der Waals surface area contributed by atoms with Crippen LogP contribution >= 0.6 is 0 Å². The number of fused-ring (bicyclic) bond motifs is 1. The molecule has 0 aliphatic carbocycles. The summed E-state index contributed by atoms with van der Waals surface area (Å²) < 4.78 is 1.22. The van der Waals surface area contributed by atoms with Gasteiger partial charge in [0, 0.05) is 11.6 Å². The summed E-state index contributed by atoms with van der Waals surface area (Å²) in [6, 6.07) is 17.2. The van der Waals surface area contributed by atoms with Gasteiger partial charge in [0.05, 0.1) is 16.9 Å². The molecule has 1 N–H and O–H groups in total. The van der Waals surface area contributed by atoms with Crippen molar-refractivity contribution in [3.63, 3.8) is 0 Å². The minimum Gasteiger partial charge on any atom is -0.315 e. The van der Waals surface area contributed by atoms with Gasteiger partial charge in [-0.3, -0.25) is 24.7 Å². The van der Waals surface area contributed by atoms with Gasteiger partial charge in [-0.15, -0.1) is 0 Å². The van der Waals surface area contributed by atoms with Crippen molar-refractivity contribution in [1.29, 1.82) is 0 Å². The minimum absolute atomic E-state index is 0.00718. The van der Waals surface area contributed by atoms with Crippen LogP contribution in [0.1, 0.15) is 16.1 Å². The predicted octanol–water partition coefficient (Wildman–Crippen LogP) is 3.00. The molecule has 0 atom stereocenters. The highest BCUT2D eigenvalue weighted by Gasteiger charge is 2.21. The van der Waals surface area contributed by atoms with Gasteiger partial charge in [-0.05, 0) is 17.7 Å². The van der Waals surface area contributed by atoms with E-state index in [1.165, 1.54) is 16.9 Å². The maximum atomic E-state index is 13.0. The lowest BCUT2D eigenvalue weighted by Gasteiger charge is -2.11. The number of hydrogen-bond acceptors (Lipinski definition) is 6. The van der Waals surface area contributed by atoms with E-state index in [1.807, 2.05) is 30.3 Å². The number of amides is 1. The molecule has 1 amide bonds. The molecule has 2 aromatic carbocycles. The molecule has 2 aromatic heterocycles. The topological polar surface area (TPSA) is 120 Å². The Morgan fingerprint density at radius 3 is 2.47 bits per heavy atom. The molecular weight excluding hydrogens is 386 g/mol. The maximum Gasteiger partial charge on any atom is 0.310 e. The first-order chi connectivity index (χ1) is 14.5. The second kappa shape index (κ2) is 7.92. The zero-order chi connectivity index (χ0) is 21.1. The summed E-state index contributed by atoms with van der Waals surface area (Å²) in [5, 5.41) is 18.7. The molecule has 2 heterocycles. The Hall–Kier alpha value is -4.40. The molecule has 0 saturated heterocycles. The minimum atomic E-state index is -0.665. The lowest BCUT2D eigenvalue weighted by Crippen LogP contribution is -2.28. The summed E-state index contributed by atoms with van der Waals surface area (Å²) in [4.78, 5) is 40.2. The molecule has 148 valence electrons. The van der Waals surface area contributed by atoms with E-state index in [-0.39, 0.29) is 29.2 Å². The van der Waals surface area contributed by atoms with Crippen LogP contribution in [0.2, 0.25) is 0 Å². The number of pyridine rings is 1. The van der Waals surface area contributed by atoms with Crippen molar-refractivity contribution < 1.29 is 9.72 Å². The average Bonchev–Trinajstić information content (AvgIpc) is 2.76. The SMILES string of the molecule is O=C(Nc1ccncc1[N+](=O)[O-])c1nn(Cc2ccccc2)c(=O)c2ccccc12. The Labute approximate surface area is 169 Å². The van der Waals surface area contributed by atoms with E-state index in [2.05, 4.69) is 15.4 Å². The number of anilines is 1. The second-order valence-electron chi connectivity index (χ2n) is 6.45. The third-order valence-corrected chi connectivity index (χ3v) is 4.50. The number of aromatic nitrogens is 3. The molecule has 0 radical (unpaired) electrons. The number of rotatable bonds is 5. The summed E-state index contributed by atoms with van der Waals surface area (Å²) in [5.74, 6) is -0.665. The van der Waals surface area contributed by atoms with Crippen molar-refractivity contribution in [1.82, 2.24) is 14.8 Å². The highest BCUT2D eigenvalue weighted by molar-refractivity contribution is 6.11. The number of carbonyl (C=O) groups excluding carboxylic acids is 1. The molecule has 9 nitrogen and oxygen atoms in total. The summed E-state index contributed by atoms with van der Waals surface area (Å²) in [6.07, 6.45) is 2.39. The lowest BCUT2D eigenvalue weighted by molar-refractivity contribution is -0.384. The smallest absolute Gasteiger partial charge is 0.310 e. The molecule has 0 aliphatic heterocycles. The monoisotopic (exact) mass is 401 g/mol. The number of hydrogen-bond donors (Lipinski definition) is 1. The molecule has 0 fully saturated rings. The van der Waals surface area contributed by atoms with Gasteiger partial charge in [-0.2, -0.15) is 5.10 Å². The van der Waals surface area contributed by atoms with Gasteiger partial charge in [-0.1, -0.05) is 48.5 Å². The molecule has 4 rings (SSSR count). The van der Waals surface area contributed by atoms with E-state index in [4.69, 9.17) is 0 Å². The van der Waals surface area contributed by atoms with Crippen molar-refractivity contribution in [3.8, 4) is 0 Å². The van der Waals surface area contributed by atoms with Crippen molar-refractivity contribution in [2.45, 2.75) is 6.54 Å². The molecule has 0 bridgehead atoms. The molecular formula is C21H15N5O4. The fraction of sp³-hybridized carbons (Fsp3) is 0.0476. The fourth-order valence-corrected chi connectivity index (χ4v) is 3.09. The van der Waals surface area contributed by atoms with E-state index in [9.17, 15) is 19.7 Å². The molecule has 0 spiro atoms. The van der Waals surface area contributed by atoms with Crippen molar-refractivity contribution in [2.24, 2.45) is 0 Å². The van der Waals surface area contributed by atoms with Crippen LogP contribution in [0, 0.1) is 10.1 Å². The average molecular weight is 401 g/mol. The normalized spacial score (nSPS) is 10.7. The van der Waals surface area contributed by atoms with Crippen LogP contribution in [-0.2, 0) is 6.54 Å². The van der Waals surface area contributed by atoms with Gasteiger partial charge in [-0.25, -0.2) is 4.68 Å². The number of nitrogens with one attached hydrogen (secondary N) is 1. The highest BCUT2D eigenvalue weighted by Crippen LogP contribution is 2.23. The Balaban J connectivity index is 1.80. The largest absolute Gasteiger partial charge is 0.315 e. The highest BCUT2D eigenvalue weighted by atomic mass is 16.6. The zero-order valence-corrected chi connectivity index (χ0v) is 15.6. The van der Waals surface area contributed by atoms with Gasteiger partial charge < -0.3 is 5.32 Å². The van der Waals surface area contributed by atoms with Gasteiger partial charge in [0.1, 0.15) is 11.9 Å². The lowest BCUT2D eigenvalue weighted by atomic mass is 10.1. The van der Waals surface area contributed by atoms with E-state index >= 15 is 0 Å². The van der Waals surface area contributed by atoms with Gasteiger partial charge in [0.15, 0.2) is 5.69 Å². The summed E-state index contributed by atoms with van der Waals surface area (Å²) in [6.45, 7) is 0.181. The molecule has 0 unspecified atom stereocenters. The first-order valence-corrected chi connectivity index (χ1v) is 8.98. The van der Waals surface area contributed by atoms with Crippen LogP contribution < -0.4 is 10.9 Å². The molecule has 0 aliphatic rings. The van der Waals surface area contributed by atoms with Gasteiger partial charge in [0.2, 0.25) is 0 Å². The second-order valence-corrected chi connectivity index (χ2v) is 6.45.